The van der Waals surface area contributed by atoms with Crippen molar-refractivity contribution in [2.24, 2.45) is 0 Å². The highest BCUT2D eigenvalue weighted by molar-refractivity contribution is 9.10. The minimum Gasteiger partial charge on any atom is -0.126 e. The molecule has 0 saturated heterocycles. The van der Waals surface area contributed by atoms with E-state index in [-0.39, 0.29) is 0 Å². The lowest BCUT2D eigenvalue weighted by Gasteiger charge is -1.95. The lowest BCUT2D eigenvalue weighted by atomic mass is 10.2. The topological polar surface area (TPSA) is 0 Å². The molecule has 2 heteroatoms. The lowest BCUT2D eigenvalue weighted by molar-refractivity contribution is 1.15. The van der Waals surface area contributed by atoms with E-state index in [0.717, 1.165) is 10.9 Å². The first-order valence-electron chi connectivity index (χ1n) is 3.13. The number of halogens is 2. The smallest absolute Gasteiger partial charge is 0.0263 e. The molecule has 0 aliphatic rings. The first kappa shape index (κ1) is 8.09. The molecule has 54 valence electrons. The van der Waals surface area contributed by atoms with Crippen molar-refractivity contribution in [2.75, 3.05) is 5.88 Å². The first-order chi connectivity index (χ1) is 4.83. The van der Waals surface area contributed by atoms with Gasteiger partial charge in [-0.3, -0.25) is 0 Å². The van der Waals surface area contributed by atoms with Crippen LogP contribution in [0.3, 0.4) is 0 Å². The van der Waals surface area contributed by atoms with E-state index in [0.29, 0.717) is 5.88 Å². The average Bonchev–Trinajstić information content (AvgIpc) is 1.95. The quantitative estimate of drug-likeness (QED) is 0.670. The Bertz CT molecular complexity index is 193. The van der Waals surface area contributed by atoms with Crippen LogP contribution in [0.25, 0.3) is 0 Å². The molecule has 0 fully saturated rings. The number of alkyl halides is 1. The van der Waals surface area contributed by atoms with E-state index >= 15 is 0 Å². The highest BCUT2D eigenvalue weighted by Gasteiger charge is 1.89. The number of aryl methyl sites for hydroxylation is 1. The largest absolute Gasteiger partial charge is 0.126 e. The van der Waals surface area contributed by atoms with E-state index in [4.69, 9.17) is 11.6 Å². The summed E-state index contributed by atoms with van der Waals surface area (Å²) in [5.74, 6) is 0.696. The SMILES string of the molecule is ClCCc1ccc(Br)cc1. The molecule has 0 aliphatic carbocycles. The van der Waals surface area contributed by atoms with Crippen LogP contribution in [0.2, 0.25) is 0 Å². The number of hydrogen-bond donors (Lipinski definition) is 0. The second-order valence-electron chi connectivity index (χ2n) is 2.07. The van der Waals surface area contributed by atoms with Crippen molar-refractivity contribution < 1.29 is 0 Å². The van der Waals surface area contributed by atoms with Crippen molar-refractivity contribution in [1.29, 1.82) is 0 Å². The van der Waals surface area contributed by atoms with Gasteiger partial charge >= 0.3 is 0 Å². The Balaban J connectivity index is 2.69. The zero-order chi connectivity index (χ0) is 7.40. The van der Waals surface area contributed by atoms with Crippen molar-refractivity contribution >= 4 is 27.5 Å². The zero-order valence-electron chi connectivity index (χ0n) is 5.48. The highest BCUT2D eigenvalue weighted by atomic mass is 79.9. The molecule has 0 atom stereocenters. The molecule has 0 saturated carbocycles. The molecule has 1 aromatic carbocycles. The third-order valence-corrected chi connectivity index (χ3v) is 2.01. The van der Waals surface area contributed by atoms with Crippen LogP contribution in [0.15, 0.2) is 28.7 Å². The van der Waals surface area contributed by atoms with Crippen LogP contribution in [0.4, 0.5) is 0 Å². The van der Waals surface area contributed by atoms with Gasteiger partial charge in [0, 0.05) is 10.4 Å². The van der Waals surface area contributed by atoms with Crippen LogP contribution >= 0.6 is 27.5 Å². The first-order valence-corrected chi connectivity index (χ1v) is 4.46. The molecule has 0 unspecified atom stereocenters. The molecule has 0 radical (unpaired) electrons. The Hall–Kier alpha value is -0.0100. The second kappa shape index (κ2) is 3.99. The van der Waals surface area contributed by atoms with E-state index in [1.54, 1.807) is 0 Å². The van der Waals surface area contributed by atoms with Crippen LogP contribution in [0.1, 0.15) is 5.56 Å². The second-order valence-corrected chi connectivity index (χ2v) is 3.36. The minimum absolute atomic E-state index is 0.696. The number of rotatable bonds is 2. The van der Waals surface area contributed by atoms with E-state index in [9.17, 15) is 0 Å². The number of benzene rings is 1. The predicted molar refractivity (Wildman–Crippen MR) is 48.6 cm³/mol. The van der Waals surface area contributed by atoms with E-state index in [1.807, 2.05) is 12.1 Å². The zero-order valence-corrected chi connectivity index (χ0v) is 7.82. The summed E-state index contributed by atoms with van der Waals surface area (Å²) in [5, 5.41) is 0. The Morgan fingerprint density at radius 1 is 1.20 bits per heavy atom. The molecule has 1 rings (SSSR count). The summed E-state index contributed by atoms with van der Waals surface area (Å²) in [6.45, 7) is 0. The fourth-order valence-corrected chi connectivity index (χ4v) is 1.24. The predicted octanol–water partition coefficient (Wildman–Crippen LogP) is 3.23. The van der Waals surface area contributed by atoms with Crippen LogP contribution in [0, 0.1) is 0 Å². The van der Waals surface area contributed by atoms with Gasteiger partial charge in [-0.2, -0.15) is 0 Å². The van der Waals surface area contributed by atoms with Gasteiger partial charge in [0.15, 0.2) is 0 Å². The molecule has 0 bridgehead atoms. The van der Waals surface area contributed by atoms with Crippen molar-refractivity contribution in [2.45, 2.75) is 6.42 Å². The normalized spacial score (nSPS) is 9.80. The van der Waals surface area contributed by atoms with Gasteiger partial charge in [0.2, 0.25) is 0 Å². The maximum atomic E-state index is 5.56. The van der Waals surface area contributed by atoms with Gasteiger partial charge in [-0.15, -0.1) is 11.6 Å². The standard InChI is InChI=1S/C8H8BrCl/c9-8-3-1-7(2-4-8)5-6-10/h1-4H,5-6H2. The third kappa shape index (κ3) is 2.31. The van der Waals surface area contributed by atoms with Gasteiger partial charge < -0.3 is 0 Å². The molecule has 0 nitrogen and oxygen atoms in total. The van der Waals surface area contributed by atoms with Crippen molar-refractivity contribution in [3.8, 4) is 0 Å². The van der Waals surface area contributed by atoms with Gasteiger partial charge in [-0.1, -0.05) is 28.1 Å². The van der Waals surface area contributed by atoms with Gasteiger partial charge in [0.05, 0.1) is 0 Å². The van der Waals surface area contributed by atoms with Crippen LogP contribution in [-0.4, -0.2) is 5.88 Å². The highest BCUT2D eigenvalue weighted by Crippen LogP contribution is 2.10. The summed E-state index contributed by atoms with van der Waals surface area (Å²) < 4.78 is 1.12. The molecular weight excluding hydrogens is 211 g/mol. The van der Waals surface area contributed by atoms with Crippen LogP contribution < -0.4 is 0 Å². The van der Waals surface area contributed by atoms with E-state index < -0.39 is 0 Å². The summed E-state index contributed by atoms with van der Waals surface area (Å²) in [4.78, 5) is 0. The van der Waals surface area contributed by atoms with E-state index in [1.165, 1.54) is 5.56 Å². The summed E-state index contributed by atoms with van der Waals surface area (Å²) in [5.41, 5.74) is 1.29. The molecule has 0 aromatic heterocycles. The summed E-state index contributed by atoms with van der Waals surface area (Å²) in [7, 11) is 0. The Morgan fingerprint density at radius 2 is 1.80 bits per heavy atom. The molecular formula is C8H8BrCl. The molecule has 0 N–H and O–H groups in total. The van der Waals surface area contributed by atoms with Crippen LogP contribution in [-0.2, 0) is 6.42 Å². The third-order valence-electron chi connectivity index (χ3n) is 1.30. The fraction of sp³-hybridized carbons (Fsp3) is 0.250. The van der Waals surface area contributed by atoms with Crippen molar-refractivity contribution in [3.63, 3.8) is 0 Å². The molecule has 0 amide bonds. The summed E-state index contributed by atoms with van der Waals surface area (Å²) in [6, 6.07) is 8.21. The van der Waals surface area contributed by atoms with Crippen molar-refractivity contribution in [1.82, 2.24) is 0 Å². The van der Waals surface area contributed by atoms with Gasteiger partial charge in [-0.05, 0) is 24.1 Å². The average molecular weight is 220 g/mol. The summed E-state index contributed by atoms with van der Waals surface area (Å²) >= 11 is 8.93. The maximum Gasteiger partial charge on any atom is 0.0263 e. The van der Waals surface area contributed by atoms with E-state index in [2.05, 4.69) is 28.1 Å². The molecule has 0 aliphatic heterocycles. The lowest BCUT2D eigenvalue weighted by Crippen LogP contribution is -1.83. The fourth-order valence-electron chi connectivity index (χ4n) is 0.760. The van der Waals surface area contributed by atoms with Gasteiger partial charge in [-0.25, -0.2) is 0 Å². The minimum atomic E-state index is 0.696. The van der Waals surface area contributed by atoms with Crippen molar-refractivity contribution in [3.05, 3.63) is 34.3 Å². The molecule has 1 aromatic rings. The van der Waals surface area contributed by atoms with Crippen LogP contribution in [0.5, 0.6) is 0 Å². The Morgan fingerprint density at radius 3 is 2.30 bits per heavy atom. The summed E-state index contributed by atoms with van der Waals surface area (Å²) in [6.07, 6.45) is 0.953. The monoisotopic (exact) mass is 218 g/mol. The Labute approximate surface area is 74.3 Å². The number of hydrogen-bond acceptors (Lipinski definition) is 0. The van der Waals surface area contributed by atoms with Gasteiger partial charge in [0.25, 0.3) is 0 Å². The molecule has 0 heterocycles. The molecule has 10 heavy (non-hydrogen) atoms. The van der Waals surface area contributed by atoms with Gasteiger partial charge in [0.1, 0.15) is 0 Å². The molecule has 0 spiro atoms. The maximum absolute atomic E-state index is 5.56. The Kier molecular flexibility index (Phi) is 3.23.